The molecule has 7 heteroatoms. The lowest BCUT2D eigenvalue weighted by molar-refractivity contribution is 0.0705. The minimum absolute atomic E-state index is 0.0829. The molecule has 0 radical (unpaired) electrons. The second-order valence-electron chi connectivity index (χ2n) is 5.50. The van der Waals surface area contributed by atoms with Gasteiger partial charge in [-0.25, -0.2) is 9.97 Å². The summed E-state index contributed by atoms with van der Waals surface area (Å²) in [5.74, 6) is 1.20. The Labute approximate surface area is 131 Å². The molecule has 3 aromatic rings. The molecular formula is C15H15N5OS. The average Bonchev–Trinajstić information content (AvgIpc) is 3.25. The fourth-order valence-electron chi connectivity index (χ4n) is 2.97. The van der Waals surface area contributed by atoms with Gasteiger partial charge in [-0.05, 0) is 31.0 Å². The third kappa shape index (κ3) is 2.37. The first-order valence-electron chi connectivity index (χ1n) is 7.29. The third-order valence-electron chi connectivity index (χ3n) is 4.11. The van der Waals surface area contributed by atoms with Crippen LogP contribution in [0.2, 0.25) is 0 Å². The first-order valence-corrected chi connectivity index (χ1v) is 8.17. The topological polar surface area (TPSA) is 74.8 Å². The average molecular weight is 313 g/mol. The molecule has 2 aromatic heterocycles. The maximum atomic E-state index is 12.7. The Morgan fingerprint density at radius 1 is 1.36 bits per heavy atom. The summed E-state index contributed by atoms with van der Waals surface area (Å²) in [6, 6.07) is 5.72. The number of hydrogen-bond donors (Lipinski definition) is 1. The first-order chi connectivity index (χ1) is 10.8. The van der Waals surface area contributed by atoms with Crippen LogP contribution in [0.5, 0.6) is 0 Å². The molecule has 0 aliphatic carbocycles. The van der Waals surface area contributed by atoms with Crippen molar-refractivity contribution in [2.45, 2.75) is 18.8 Å². The summed E-state index contributed by atoms with van der Waals surface area (Å²) >= 11 is 1.56. The Kier molecular flexibility index (Phi) is 3.34. The van der Waals surface area contributed by atoms with Crippen LogP contribution < -0.4 is 0 Å². The van der Waals surface area contributed by atoms with Gasteiger partial charge < -0.3 is 4.90 Å². The fraction of sp³-hybridized carbons (Fsp3) is 0.333. The van der Waals surface area contributed by atoms with E-state index in [4.69, 9.17) is 0 Å². The number of benzene rings is 1. The zero-order valence-electron chi connectivity index (χ0n) is 11.9. The van der Waals surface area contributed by atoms with Crippen molar-refractivity contribution < 1.29 is 4.79 Å². The highest BCUT2D eigenvalue weighted by atomic mass is 32.1. The van der Waals surface area contributed by atoms with Crippen LogP contribution in [0.3, 0.4) is 0 Å². The number of H-pyrrole nitrogens is 1. The van der Waals surface area contributed by atoms with Crippen LogP contribution in [-0.4, -0.2) is 44.1 Å². The molecule has 0 spiro atoms. The summed E-state index contributed by atoms with van der Waals surface area (Å²) in [5, 5.41) is 6.83. The Morgan fingerprint density at radius 2 is 2.32 bits per heavy atom. The largest absolute Gasteiger partial charge is 0.338 e. The number of piperidine rings is 1. The predicted octanol–water partition coefficient (Wildman–Crippen LogP) is 2.43. The van der Waals surface area contributed by atoms with Gasteiger partial charge in [-0.2, -0.15) is 5.10 Å². The zero-order valence-corrected chi connectivity index (χ0v) is 12.7. The molecule has 3 heterocycles. The number of carbonyl (C=O) groups excluding carboxylic acids is 1. The Balaban J connectivity index is 1.56. The first kappa shape index (κ1) is 13.4. The van der Waals surface area contributed by atoms with Gasteiger partial charge >= 0.3 is 0 Å². The minimum atomic E-state index is 0.0829. The van der Waals surface area contributed by atoms with Crippen molar-refractivity contribution in [1.82, 2.24) is 25.1 Å². The maximum Gasteiger partial charge on any atom is 0.253 e. The summed E-state index contributed by atoms with van der Waals surface area (Å²) in [5.41, 5.74) is 3.48. The molecule has 1 atom stereocenters. The Hall–Kier alpha value is -2.28. The quantitative estimate of drug-likeness (QED) is 0.788. The van der Waals surface area contributed by atoms with E-state index in [1.54, 1.807) is 16.8 Å². The number of fused-ring (bicyclic) bond motifs is 1. The lowest BCUT2D eigenvalue weighted by Crippen LogP contribution is -2.39. The molecule has 1 N–H and O–H groups in total. The number of carbonyl (C=O) groups is 1. The number of nitrogens with zero attached hydrogens (tertiary/aromatic N) is 4. The van der Waals surface area contributed by atoms with Crippen LogP contribution in [0, 0.1) is 0 Å². The molecule has 6 nitrogen and oxygen atoms in total. The normalized spacial score (nSPS) is 18.7. The van der Waals surface area contributed by atoms with Gasteiger partial charge in [0.05, 0.1) is 15.7 Å². The second kappa shape index (κ2) is 5.49. The smallest absolute Gasteiger partial charge is 0.253 e. The number of aromatic nitrogens is 4. The van der Waals surface area contributed by atoms with Crippen molar-refractivity contribution in [2.24, 2.45) is 0 Å². The van der Waals surface area contributed by atoms with Crippen molar-refractivity contribution in [2.75, 3.05) is 13.1 Å². The van der Waals surface area contributed by atoms with Gasteiger partial charge in [0.15, 0.2) is 0 Å². The van der Waals surface area contributed by atoms with E-state index in [2.05, 4.69) is 20.2 Å². The summed E-state index contributed by atoms with van der Waals surface area (Å²) in [6.45, 7) is 1.49. The van der Waals surface area contributed by atoms with E-state index in [1.165, 1.54) is 6.33 Å². The molecule has 0 bridgehead atoms. The van der Waals surface area contributed by atoms with Crippen molar-refractivity contribution in [3.8, 4) is 0 Å². The van der Waals surface area contributed by atoms with Gasteiger partial charge in [-0.1, -0.05) is 0 Å². The van der Waals surface area contributed by atoms with Gasteiger partial charge in [0.1, 0.15) is 12.2 Å². The molecule has 1 unspecified atom stereocenters. The maximum absolute atomic E-state index is 12.7. The molecule has 112 valence electrons. The van der Waals surface area contributed by atoms with Crippen LogP contribution in [0.25, 0.3) is 10.2 Å². The van der Waals surface area contributed by atoms with Crippen LogP contribution in [0.1, 0.15) is 34.9 Å². The van der Waals surface area contributed by atoms with Gasteiger partial charge in [-0.3, -0.25) is 9.89 Å². The number of likely N-dealkylation sites (tertiary alicyclic amines) is 1. The monoisotopic (exact) mass is 313 g/mol. The fourth-order valence-corrected chi connectivity index (χ4v) is 3.68. The molecule has 1 fully saturated rings. The van der Waals surface area contributed by atoms with Crippen LogP contribution >= 0.6 is 11.3 Å². The second-order valence-corrected chi connectivity index (χ2v) is 6.38. The lowest BCUT2D eigenvalue weighted by Gasteiger charge is -2.31. The number of rotatable bonds is 2. The van der Waals surface area contributed by atoms with Crippen molar-refractivity contribution >= 4 is 27.5 Å². The van der Waals surface area contributed by atoms with Crippen molar-refractivity contribution in [3.63, 3.8) is 0 Å². The lowest BCUT2D eigenvalue weighted by atomic mass is 9.96. The summed E-state index contributed by atoms with van der Waals surface area (Å²) in [4.78, 5) is 23.1. The molecule has 1 aliphatic rings. The highest BCUT2D eigenvalue weighted by Crippen LogP contribution is 2.26. The van der Waals surface area contributed by atoms with Gasteiger partial charge in [-0.15, -0.1) is 11.3 Å². The van der Waals surface area contributed by atoms with Gasteiger partial charge in [0.25, 0.3) is 5.91 Å². The van der Waals surface area contributed by atoms with E-state index < -0.39 is 0 Å². The number of thiazole rings is 1. The SMILES string of the molecule is O=C(c1ccc2ncsc2c1)N1CCCC(c2ncn[nH]2)C1. The number of aromatic amines is 1. The van der Waals surface area contributed by atoms with Crippen LogP contribution in [0.4, 0.5) is 0 Å². The molecule has 1 amide bonds. The van der Waals surface area contributed by atoms with E-state index in [0.717, 1.165) is 41.0 Å². The van der Waals surface area contributed by atoms with E-state index in [1.807, 2.05) is 23.1 Å². The molecule has 22 heavy (non-hydrogen) atoms. The summed E-state index contributed by atoms with van der Waals surface area (Å²) < 4.78 is 1.05. The van der Waals surface area contributed by atoms with Crippen molar-refractivity contribution in [3.05, 3.63) is 41.4 Å². The highest BCUT2D eigenvalue weighted by molar-refractivity contribution is 7.16. The standard InChI is InChI=1S/C15H15N5OS/c21-15(10-3-4-12-13(6-10)22-9-17-12)20-5-1-2-11(7-20)14-16-8-18-19-14/h3-4,6,8-9,11H,1-2,5,7H2,(H,16,18,19). The van der Waals surface area contributed by atoms with Crippen LogP contribution in [-0.2, 0) is 0 Å². The molecule has 1 aliphatic heterocycles. The predicted molar refractivity (Wildman–Crippen MR) is 83.9 cm³/mol. The van der Waals surface area contributed by atoms with Gasteiger partial charge in [0, 0.05) is 24.6 Å². The molecule has 0 saturated carbocycles. The number of nitrogens with one attached hydrogen (secondary N) is 1. The third-order valence-corrected chi connectivity index (χ3v) is 4.90. The van der Waals surface area contributed by atoms with E-state index in [0.29, 0.717) is 6.54 Å². The van der Waals surface area contributed by atoms with Gasteiger partial charge in [0.2, 0.25) is 0 Å². The molecule has 1 aromatic carbocycles. The Morgan fingerprint density at radius 3 is 3.18 bits per heavy atom. The van der Waals surface area contributed by atoms with E-state index >= 15 is 0 Å². The molecule has 1 saturated heterocycles. The highest BCUT2D eigenvalue weighted by Gasteiger charge is 2.27. The van der Waals surface area contributed by atoms with E-state index in [9.17, 15) is 4.79 Å². The molecule has 4 rings (SSSR count). The summed E-state index contributed by atoms with van der Waals surface area (Å²) in [7, 11) is 0. The minimum Gasteiger partial charge on any atom is -0.338 e. The number of hydrogen-bond acceptors (Lipinski definition) is 5. The summed E-state index contributed by atoms with van der Waals surface area (Å²) in [6.07, 6.45) is 3.54. The number of amides is 1. The van der Waals surface area contributed by atoms with Crippen LogP contribution in [0.15, 0.2) is 30.0 Å². The van der Waals surface area contributed by atoms with Crippen molar-refractivity contribution in [1.29, 1.82) is 0 Å². The molecular weight excluding hydrogens is 298 g/mol. The van der Waals surface area contributed by atoms with E-state index in [-0.39, 0.29) is 11.8 Å². The Bertz CT molecular complexity index is 797. The zero-order chi connectivity index (χ0) is 14.9.